The Morgan fingerprint density at radius 1 is 1.25 bits per heavy atom. The lowest BCUT2D eigenvalue weighted by atomic mass is 10.1. The van der Waals surface area contributed by atoms with Crippen LogP contribution < -0.4 is 0 Å². The van der Waals surface area contributed by atoms with E-state index in [0.29, 0.717) is 0 Å². The fraction of sp³-hybridized carbons (Fsp3) is 0.375. The first-order chi connectivity index (χ1) is 9.79. The monoisotopic (exact) mass is 266 g/mol. The van der Waals surface area contributed by atoms with Gasteiger partial charge in [-0.3, -0.25) is 4.90 Å². The highest BCUT2D eigenvalue weighted by Crippen LogP contribution is 2.27. The van der Waals surface area contributed by atoms with Crippen molar-refractivity contribution in [2.24, 2.45) is 0 Å². The third-order valence-corrected chi connectivity index (χ3v) is 3.86. The third kappa shape index (κ3) is 2.33. The van der Waals surface area contributed by atoms with E-state index in [2.05, 4.69) is 20.9 Å². The van der Waals surface area contributed by atoms with Crippen LogP contribution in [0.1, 0.15) is 30.3 Å². The molecule has 1 N–H and O–H groups in total. The predicted molar refractivity (Wildman–Crippen MR) is 77.9 cm³/mol. The number of H-pyrrole nitrogens is 1. The molecule has 0 aliphatic carbocycles. The van der Waals surface area contributed by atoms with Crippen LogP contribution in [0.2, 0.25) is 0 Å². The molecular formula is C16H18N4. The minimum Gasteiger partial charge on any atom is -0.342 e. The zero-order valence-corrected chi connectivity index (χ0v) is 11.6. The van der Waals surface area contributed by atoms with Crippen molar-refractivity contribution in [2.45, 2.75) is 25.8 Å². The molecule has 2 heterocycles. The molecule has 1 unspecified atom stereocenters. The summed E-state index contributed by atoms with van der Waals surface area (Å²) in [4.78, 5) is 10.2. The smallest absolute Gasteiger partial charge is 0.142 e. The molecule has 1 saturated heterocycles. The number of aryl methyl sites for hydroxylation is 1. The van der Waals surface area contributed by atoms with Gasteiger partial charge in [0.2, 0.25) is 0 Å². The molecule has 1 aliphatic heterocycles. The lowest BCUT2D eigenvalue weighted by molar-refractivity contribution is 0.289. The first kappa shape index (κ1) is 12.9. The SMILES string of the molecule is Cc1[nH]c(-c2ccccc2)nc1C(C#N)N1CCCC1. The molecule has 20 heavy (non-hydrogen) atoms. The molecule has 0 amide bonds. The van der Waals surface area contributed by atoms with Gasteiger partial charge in [0, 0.05) is 11.3 Å². The van der Waals surface area contributed by atoms with E-state index in [4.69, 9.17) is 0 Å². The zero-order chi connectivity index (χ0) is 13.9. The van der Waals surface area contributed by atoms with Crippen LogP contribution in [0.4, 0.5) is 0 Å². The Labute approximate surface area is 119 Å². The van der Waals surface area contributed by atoms with Gasteiger partial charge in [-0.1, -0.05) is 30.3 Å². The topological polar surface area (TPSA) is 55.7 Å². The number of imidazole rings is 1. The molecule has 0 radical (unpaired) electrons. The largest absolute Gasteiger partial charge is 0.342 e. The van der Waals surface area contributed by atoms with E-state index in [0.717, 1.165) is 35.9 Å². The van der Waals surface area contributed by atoms with Crippen LogP contribution in [0, 0.1) is 18.3 Å². The standard InChI is InChI=1S/C16H18N4/c1-12-15(14(11-17)20-9-5-6-10-20)19-16(18-12)13-7-3-2-4-8-13/h2-4,7-8,14H,5-6,9-10H2,1H3,(H,18,19). The van der Waals surface area contributed by atoms with Crippen LogP contribution in [0.3, 0.4) is 0 Å². The molecule has 1 aliphatic rings. The van der Waals surface area contributed by atoms with Gasteiger partial charge in [0.15, 0.2) is 0 Å². The molecule has 1 aromatic heterocycles. The third-order valence-electron chi connectivity index (χ3n) is 3.86. The zero-order valence-electron chi connectivity index (χ0n) is 11.6. The van der Waals surface area contributed by atoms with E-state index < -0.39 is 0 Å². The van der Waals surface area contributed by atoms with Gasteiger partial charge < -0.3 is 4.98 Å². The number of rotatable bonds is 3. The van der Waals surface area contributed by atoms with Gasteiger partial charge in [0.25, 0.3) is 0 Å². The van der Waals surface area contributed by atoms with Crippen molar-refractivity contribution in [3.8, 4) is 17.5 Å². The summed E-state index contributed by atoms with van der Waals surface area (Å²) >= 11 is 0. The van der Waals surface area contributed by atoms with Crippen LogP contribution in [0.15, 0.2) is 30.3 Å². The van der Waals surface area contributed by atoms with E-state index in [1.54, 1.807) is 0 Å². The normalized spacial score (nSPS) is 17.0. The Bertz CT molecular complexity index is 618. The number of aromatic nitrogens is 2. The first-order valence-electron chi connectivity index (χ1n) is 7.05. The highest BCUT2D eigenvalue weighted by Gasteiger charge is 2.27. The average molecular weight is 266 g/mol. The number of benzene rings is 1. The van der Waals surface area contributed by atoms with Crippen LogP contribution in [-0.4, -0.2) is 28.0 Å². The quantitative estimate of drug-likeness (QED) is 0.929. The lowest BCUT2D eigenvalue weighted by Crippen LogP contribution is -2.25. The van der Waals surface area contributed by atoms with Crippen molar-refractivity contribution in [3.63, 3.8) is 0 Å². The van der Waals surface area contributed by atoms with Crippen LogP contribution in [-0.2, 0) is 0 Å². The van der Waals surface area contributed by atoms with Gasteiger partial charge in [-0.05, 0) is 32.9 Å². The summed E-state index contributed by atoms with van der Waals surface area (Å²) in [6.07, 6.45) is 2.35. The van der Waals surface area contributed by atoms with Crippen LogP contribution >= 0.6 is 0 Å². The molecule has 1 atom stereocenters. The summed E-state index contributed by atoms with van der Waals surface area (Å²) in [5, 5.41) is 9.50. The Morgan fingerprint density at radius 2 is 1.95 bits per heavy atom. The minimum atomic E-state index is -0.230. The van der Waals surface area contributed by atoms with Crippen molar-refractivity contribution in [3.05, 3.63) is 41.7 Å². The maximum absolute atomic E-state index is 9.50. The van der Waals surface area contributed by atoms with Crippen molar-refractivity contribution in [2.75, 3.05) is 13.1 Å². The van der Waals surface area contributed by atoms with Crippen LogP contribution in [0.25, 0.3) is 11.4 Å². The second kappa shape index (κ2) is 5.48. The van der Waals surface area contributed by atoms with E-state index in [9.17, 15) is 5.26 Å². The van der Waals surface area contributed by atoms with E-state index >= 15 is 0 Å². The number of hydrogen-bond acceptors (Lipinski definition) is 3. The van der Waals surface area contributed by atoms with Gasteiger partial charge in [0.1, 0.15) is 11.9 Å². The molecule has 4 nitrogen and oxygen atoms in total. The molecular weight excluding hydrogens is 248 g/mol. The Balaban J connectivity index is 1.94. The molecule has 4 heteroatoms. The number of aromatic amines is 1. The van der Waals surface area contributed by atoms with Gasteiger partial charge in [-0.15, -0.1) is 0 Å². The second-order valence-corrected chi connectivity index (χ2v) is 5.24. The maximum Gasteiger partial charge on any atom is 0.142 e. The number of likely N-dealkylation sites (tertiary alicyclic amines) is 1. The molecule has 0 bridgehead atoms. The summed E-state index contributed by atoms with van der Waals surface area (Å²) in [6, 6.07) is 12.2. The highest BCUT2D eigenvalue weighted by atomic mass is 15.2. The Kier molecular flexibility index (Phi) is 3.53. The van der Waals surface area contributed by atoms with Crippen molar-refractivity contribution >= 4 is 0 Å². The molecule has 0 spiro atoms. The lowest BCUT2D eigenvalue weighted by Gasteiger charge is -2.19. The van der Waals surface area contributed by atoms with Gasteiger partial charge in [-0.25, -0.2) is 4.98 Å². The summed E-state index contributed by atoms with van der Waals surface area (Å²) in [5.41, 5.74) is 2.91. The van der Waals surface area contributed by atoms with Crippen LogP contribution in [0.5, 0.6) is 0 Å². The van der Waals surface area contributed by atoms with Crippen molar-refractivity contribution in [1.82, 2.24) is 14.9 Å². The van der Waals surface area contributed by atoms with Gasteiger partial charge in [0.05, 0.1) is 11.8 Å². The summed E-state index contributed by atoms with van der Waals surface area (Å²) in [5.74, 6) is 0.845. The Hall–Kier alpha value is -2.12. The van der Waals surface area contributed by atoms with E-state index in [-0.39, 0.29) is 6.04 Å². The van der Waals surface area contributed by atoms with E-state index in [1.165, 1.54) is 12.8 Å². The maximum atomic E-state index is 9.50. The average Bonchev–Trinajstić information content (AvgIpc) is 3.12. The molecule has 102 valence electrons. The molecule has 1 fully saturated rings. The highest BCUT2D eigenvalue weighted by molar-refractivity contribution is 5.56. The van der Waals surface area contributed by atoms with Gasteiger partial charge in [-0.2, -0.15) is 5.26 Å². The predicted octanol–water partition coefficient (Wildman–Crippen LogP) is 3.05. The summed E-state index contributed by atoms with van der Waals surface area (Å²) in [6.45, 7) is 3.98. The van der Waals surface area contributed by atoms with E-state index in [1.807, 2.05) is 37.3 Å². The molecule has 2 aromatic rings. The minimum absolute atomic E-state index is 0.230. The Morgan fingerprint density at radius 3 is 2.60 bits per heavy atom. The number of nitrogens with one attached hydrogen (secondary N) is 1. The van der Waals surface area contributed by atoms with Crippen molar-refractivity contribution in [1.29, 1.82) is 5.26 Å². The first-order valence-corrected chi connectivity index (χ1v) is 7.05. The van der Waals surface area contributed by atoms with Gasteiger partial charge >= 0.3 is 0 Å². The molecule has 1 aromatic carbocycles. The number of hydrogen-bond donors (Lipinski definition) is 1. The molecule has 3 rings (SSSR count). The van der Waals surface area contributed by atoms with Crippen molar-refractivity contribution < 1.29 is 0 Å². The fourth-order valence-corrected chi connectivity index (χ4v) is 2.79. The number of nitriles is 1. The second-order valence-electron chi connectivity index (χ2n) is 5.24. The summed E-state index contributed by atoms with van der Waals surface area (Å²) in [7, 11) is 0. The number of nitrogens with zero attached hydrogens (tertiary/aromatic N) is 3. The molecule has 0 saturated carbocycles. The summed E-state index contributed by atoms with van der Waals surface area (Å²) < 4.78 is 0. The fourth-order valence-electron chi connectivity index (χ4n) is 2.79.